The van der Waals surface area contributed by atoms with Crippen LogP contribution in [0.1, 0.15) is 13.3 Å². The molecule has 1 atom stereocenters. The summed E-state index contributed by atoms with van der Waals surface area (Å²) >= 11 is 0. The van der Waals surface area contributed by atoms with Crippen molar-refractivity contribution < 1.29 is 9.18 Å². The summed E-state index contributed by atoms with van der Waals surface area (Å²) in [5.74, 6) is 0. The minimum atomic E-state index is -0.970. The van der Waals surface area contributed by atoms with Crippen molar-refractivity contribution in [3.8, 4) is 0 Å². The van der Waals surface area contributed by atoms with Crippen LogP contribution >= 0.6 is 0 Å². The molecule has 0 aromatic carbocycles. The van der Waals surface area contributed by atoms with E-state index in [1.807, 2.05) is 0 Å². The molecule has 0 aromatic heterocycles. The highest BCUT2D eigenvalue weighted by molar-refractivity contribution is 5.49. The summed E-state index contributed by atoms with van der Waals surface area (Å²) in [5, 5.41) is 0. The highest BCUT2D eigenvalue weighted by Crippen LogP contribution is 1.88. The normalized spacial score (nSPS) is 13.7. The number of halogens is 1. The van der Waals surface area contributed by atoms with Crippen molar-refractivity contribution >= 4 is 6.29 Å². The summed E-state index contributed by atoms with van der Waals surface area (Å²) in [4.78, 5) is 9.38. The van der Waals surface area contributed by atoms with Gasteiger partial charge in [-0.05, 0) is 6.92 Å². The number of carbonyl (C=O) groups excluding carboxylic acids is 1. The Morgan fingerprint density at radius 3 is 2.50 bits per heavy atom. The fraction of sp³-hybridized carbons (Fsp3) is 0.750. The zero-order valence-electron chi connectivity index (χ0n) is 3.65. The minimum absolute atomic E-state index is 0.0278. The largest absolute Gasteiger partial charge is 0.303 e. The zero-order valence-corrected chi connectivity index (χ0v) is 3.65. The molecule has 1 unspecified atom stereocenters. The summed E-state index contributed by atoms with van der Waals surface area (Å²) in [6, 6.07) is 0. The lowest BCUT2D eigenvalue weighted by Gasteiger charge is -1.85. The van der Waals surface area contributed by atoms with Crippen LogP contribution in [0.25, 0.3) is 0 Å². The third kappa shape index (κ3) is 3.60. The maximum absolute atomic E-state index is 11.5. The van der Waals surface area contributed by atoms with Gasteiger partial charge in [-0.25, -0.2) is 4.39 Å². The van der Waals surface area contributed by atoms with Crippen LogP contribution in [0.4, 0.5) is 4.39 Å². The van der Waals surface area contributed by atoms with Gasteiger partial charge in [-0.15, -0.1) is 0 Å². The van der Waals surface area contributed by atoms with Crippen LogP contribution in [0.5, 0.6) is 0 Å². The van der Waals surface area contributed by atoms with Gasteiger partial charge in [0.25, 0.3) is 0 Å². The number of aldehydes is 1. The highest BCUT2D eigenvalue weighted by atomic mass is 19.1. The summed E-state index contributed by atoms with van der Waals surface area (Å²) in [7, 11) is 0. The Bertz CT molecular complexity index is 42.8. The highest BCUT2D eigenvalue weighted by Gasteiger charge is 1.90. The lowest BCUT2D eigenvalue weighted by molar-refractivity contribution is -0.108. The van der Waals surface area contributed by atoms with Gasteiger partial charge >= 0.3 is 0 Å². The molecule has 0 N–H and O–H groups in total. The molecule has 0 aliphatic carbocycles. The van der Waals surface area contributed by atoms with Crippen molar-refractivity contribution in [1.29, 1.82) is 0 Å². The van der Waals surface area contributed by atoms with E-state index in [1.165, 1.54) is 6.92 Å². The molecule has 36 valence electrons. The minimum Gasteiger partial charge on any atom is -0.303 e. The smallest absolute Gasteiger partial charge is 0.122 e. The topological polar surface area (TPSA) is 17.1 Å². The molecular formula is C4H7FO. The maximum Gasteiger partial charge on any atom is 0.122 e. The maximum atomic E-state index is 11.5. The predicted octanol–water partition coefficient (Wildman–Crippen LogP) is 0.933. The van der Waals surface area contributed by atoms with Gasteiger partial charge in [-0.1, -0.05) is 0 Å². The second-order valence-electron chi connectivity index (χ2n) is 1.18. The lowest BCUT2D eigenvalue weighted by atomic mass is 10.3. The Kier molecular flexibility index (Phi) is 2.63. The molecule has 0 fully saturated rings. The third-order valence-electron chi connectivity index (χ3n) is 0.421. The molecular weight excluding hydrogens is 83.0 g/mol. The summed E-state index contributed by atoms with van der Waals surface area (Å²) < 4.78 is 11.5. The first kappa shape index (κ1) is 5.60. The Morgan fingerprint density at radius 1 is 2.00 bits per heavy atom. The molecule has 0 rings (SSSR count). The first-order valence-electron chi connectivity index (χ1n) is 1.85. The van der Waals surface area contributed by atoms with Crippen molar-refractivity contribution in [1.82, 2.24) is 0 Å². The second-order valence-corrected chi connectivity index (χ2v) is 1.18. The van der Waals surface area contributed by atoms with Gasteiger partial charge in [0.1, 0.15) is 12.5 Å². The van der Waals surface area contributed by atoms with Crippen molar-refractivity contribution in [2.45, 2.75) is 19.5 Å². The number of rotatable bonds is 2. The van der Waals surface area contributed by atoms with Crippen LogP contribution in [0.2, 0.25) is 0 Å². The molecule has 0 heterocycles. The molecule has 0 aliphatic rings. The molecule has 0 aliphatic heterocycles. The Morgan fingerprint density at radius 2 is 2.50 bits per heavy atom. The molecule has 0 aromatic rings. The molecule has 1 nitrogen and oxygen atoms in total. The van der Waals surface area contributed by atoms with Crippen LogP contribution in [-0.4, -0.2) is 12.5 Å². The second kappa shape index (κ2) is 2.82. The van der Waals surface area contributed by atoms with Crippen molar-refractivity contribution in [3.05, 3.63) is 0 Å². The van der Waals surface area contributed by atoms with Crippen LogP contribution in [0, 0.1) is 0 Å². The standard InChI is InChI=1S/C4H7FO/c1-4(5)2-3-6/h3-4H,2H2,1H3. The van der Waals surface area contributed by atoms with Crippen molar-refractivity contribution in [3.63, 3.8) is 0 Å². The molecule has 0 bridgehead atoms. The average Bonchev–Trinajstić information content (AvgIpc) is 1.35. The van der Waals surface area contributed by atoms with E-state index in [0.29, 0.717) is 6.29 Å². The van der Waals surface area contributed by atoms with Gasteiger partial charge in [0, 0.05) is 6.42 Å². The van der Waals surface area contributed by atoms with Crippen molar-refractivity contribution in [2.75, 3.05) is 0 Å². The molecule has 0 radical (unpaired) electrons. The molecule has 0 spiro atoms. The Balaban J connectivity index is 2.81. The lowest BCUT2D eigenvalue weighted by Crippen LogP contribution is -1.90. The van der Waals surface area contributed by atoms with Gasteiger partial charge in [-0.3, -0.25) is 0 Å². The number of carbonyl (C=O) groups is 1. The fourth-order valence-electron chi connectivity index (χ4n) is 0.133. The van der Waals surface area contributed by atoms with E-state index in [1.54, 1.807) is 0 Å². The van der Waals surface area contributed by atoms with E-state index in [0.717, 1.165) is 0 Å². The van der Waals surface area contributed by atoms with Gasteiger partial charge in [0.05, 0.1) is 0 Å². The van der Waals surface area contributed by atoms with Gasteiger partial charge in [0.2, 0.25) is 0 Å². The van der Waals surface area contributed by atoms with Crippen LogP contribution in [0.15, 0.2) is 0 Å². The average molecular weight is 90.1 g/mol. The van der Waals surface area contributed by atoms with Crippen LogP contribution < -0.4 is 0 Å². The van der Waals surface area contributed by atoms with Gasteiger partial charge in [0.15, 0.2) is 0 Å². The summed E-state index contributed by atoms with van der Waals surface area (Å²) in [6.07, 6.45) is -0.368. The zero-order chi connectivity index (χ0) is 4.99. The van der Waals surface area contributed by atoms with E-state index in [4.69, 9.17) is 0 Å². The van der Waals surface area contributed by atoms with E-state index in [2.05, 4.69) is 0 Å². The van der Waals surface area contributed by atoms with Crippen molar-refractivity contribution in [2.24, 2.45) is 0 Å². The molecule has 2 heteroatoms. The quantitative estimate of drug-likeness (QED) is 0.461. The number of alkyl halides is 1. The number of hydrogen-bond donors (Lipinski definition) is 0. The van der Waals surface area contributed by atoms with Crippen LogP contribution in [-0.2, 0) is 4.79 Å². The Labute approximate surface area is 36.2 Å². The van der Waals surface area contributed by atoms with Crippen LogP contribution in [0.3, 0.4) is 0 Å². The van der Waals surface area contributed by atoms with E-state index in [-0.39, 0.29) is 6.42 Å². The summed E-state index contributed by atoms with van der Waals surface area (Å²) in [6.45, 7) is 1.36. The molecule has 0 saturated carbocycles. The number of hydrogen-bond acceptors (Lipinski definition) is 1. The molecule has 0 saturated heterocycles. The molecule has 6 heavy (non-hydrogen) atoms. The molecule has 0 amide bonds. The first-order valence-corrected chi connectivity index (χ1v) is 1.85. The monoisotopic (exact) mass is 90.0 g/mol. The van der Waals surface area contributed by atoms with E-state index < -0.39 is 6.17 Å². The van der Waals surface area contributed by atoms with E-state index in [9.17, 15) is 9.18 Å². The van der Waals surface area contributed by atoms with E-state index >= 15 is 0 Å². The summed E-state index contributed by atoms with van der Waals surface area (Å²) in [5.41, 5.74) is 0. The van der Waals surface area contributed by atoms with Gasteiger partial charge < -0.3 is 4.79 Å². The fourth-order valence-corrected chi connectivity index (χ4v) is 0.133. The Hall–Kier alpha value is -0.400. The predicted molar refractivity (Wildman–Crippen MR) is 21.3 cm³/mol. The SMILES string of the molecule is CC(F)CC=O. The third-order valence-corrected chi connectivity index (χ3v) is 0.421. The van der Waals surface area contributed by atoms with Gasteiger partial charge in [-0.2, -0.15) is 0 Å². The first-order chi connectivity index (χ1) is 2.77.